The van der Waals surface area contributed by atoms with Crippen LogP contribution < -0.4 is 0 Å². The Kier molecular flexibility index (Phi) is 5.68. The molecule has 0 heterocycles. The van der Waals surface area contributed by atoms with E-state index in [1.807, 2.05) is 6.92 Å². The van der Waals surface area contributed by atoms with E-state index in [4.69, 9.17) is 0 Å². The SMILES string of the molecule is CC1=C2C3=CC[C@H]4[C@@]5(C)CC[C@H](O)[C@](C)(C=O)[C@H]5CC[C@@]4(C)[C@]3(C)C[C@@H](O)[C@@]2(CO)[C@@H](O)C[C@H]1C. The van der Waals surface area contributed by atoms with Gasteiger partial charge in [0.1, 0.15) is 6.29 Å². The Morgan fingerprint density at radius 1 is 1.00 bits per heavy atom. The van der Waals surface area contributed by atoms with E-state index in [1.165, 1.54) is 11.1 Å². The monoisotopic (exact) mass is 486 g/mol. The predicted molar refractivity (Wildman–Crippen MR) is 135 cm³/mol. The second-order valence-electron chi connectivity index (χ2n) is 13.9. The molecule has 0 radical (unpaired) electrons. The van der Waals surface area contributed by atoms with E-state index in [-0.39, 0.29) is 34.7 Å². The summed E-state index contributed by atoms with van der Waals surface area (Å²) in [6.45, 7) is 13.0. The molecular weight excluding hydrogens is 440 g/mol. The number of aliphatic hydroxyl groups is 4. The number of hydrogen-bond donors (Lipinski definition) is 4. The van der Waals surface area contributed by atoms with Gasteiger partial charge in [0.25, 0.3) is 0 Å². The summed E-state index contributed by atoms with van der Waals surface area (Å²) >= 11 is 0. The summed E-state index contributed by atoms with van der Waals surface area (Å²) in [5.74, 6) is 0.660. The average Bonchev–Trinajstić information content (AvgIpc) is 2.80. The molecule has 0 unspecified atom stereocenters. The Morgan fingerprint density at radius 3 is 2.31 bits per heavy atom. The van der Waals surface area contributed by atoms with E-state index in [1.54, 1.807) is 0 Å². The molecule has 35 heavy (non-hydrogen) atoms. The van der Waals surface area contributed by atoms with Crippen LogP contribution in [0.5, 0.6) is 0 Å². The first-order chi connectivity index (χ1) is 16.3. The van der Waals surface area contributed by atoms with Crippen LogP contribution in [0.25, 0.3) is 0 Å². The molecule has 0 bridgehead atoms. The van der Waals surface area contributed by atoms with Gasteiger partial charge in [-0.15, -0.1) is 0 Å². The first-order valence-corrected chi connectivity index (χ1v) is 13.8. The molecule has 0 aromatic heterocycles. The number of hydrogen-bond acceptors (Lipinski definition) is 5. The summed E-state index contributed by atoms with van der Waals surface area (Å²) in [4.78, 5) is 12.3. The van der Waals surface area contributed by atoms with Crippen molar-refractivity contribution in [3.8, 4) is 0 Å². The average molecular weight is 487 g/mol. The van der Waals surface area contributed by atoms with E-state index in [0.29, 0.717) is 25.2 Å². The molecule has 4 N–H and O–H groups in total. The summed E-state index contributed by atoms with van der Waals surface area (Å²) < 4.78 is 0. The third-order valence-electron chi connectivity index (χ3n) is 12.9. The highest BCUT2D eigenvalue weighted by molar-refractivity contribution is 5.61. The van der Waals surface area contributed by atoms with Gasteiger partial charge >= 0.3 is 0 Å². The second kappa shape index (κ2) is 7.75. The molecule has 11 atom stereocenters. The lowest BCUT2D eigenvalue weighted by Gasteiger charge is -2.70. The van der Waals surface area contributed by atoms with Gasteiger partial charge in [0.05, 0.1) is 35.7 Å². The lowest BCUT2D eigenvalue weighted by Crippen LogP contribution is -2.67. The maximum Gasteiger partial charge on any atom is 0.128 e. The van der Waals surface area contributed by atoms with Crippen LogP contribution in [-0.2, 0) is 4.79 Å². The number of rotatable bonds is 2. The van der Waals surface area contributed by atoms with E-state index in [9.17, 15) is 25.2 Å². The van der Waals surface area contributed by atoms with Gasteiger partial charge in [0.2, 0.25) is 0 Å². The quantitative estimate of drug-likeness (QED) is 0.439. The first kappa shape index (κ1) is 25.6. The fourth-order valence-electron chi connectivity index (χ4n) is 10.3. The number of aliphatic hydroxyl groups excluding tert-OH is 4. The number of aldehydes is 1. The van der Waals surface area contributed by atoms with E-state index >= 15 is 0 Å². The van der Waals surface area contributed by atoms with Gasteiger partial charge in [-0.25, -0.2) is 0 Å². The Morgan fingerprint density at radius 2 is 1.69 bits per heavy atom. The van der Waals surface area contributed by atoms with Crippen LogP contribution in [0.4, 0.5) is 0 Å². The Labute approximate surface area is 210 Å². The molecule has 3 fully saturated rings. The number of carbonyl (C=O) groups is 1. The van der Waals surface area contributed by atoms with Crippen molar-refractivity contribution in [3.05, 3.63) is 22.8 Å². The molecule has 0 saturated heterocycles. The predicted octanol–water partition coefficient (Wildman–Crippen LogP) is 4.18. The third kappa shape index (κ3) is 2.82. The van der Waals surface area contributed by atoms with Crippen LogP contribution in [0, 0.1) is 44.8 Å². The van der Waals surface area contributed by atoms with Crippen molar-refractivity contribution in [2.75, 3.05) is 6.61 Å². The first-order valence-electron chi connectivity index (χ1n) is 13.8. The summed E-state index contributed by atoms with van der Waals surface area (Å²) in [6.07, 6.45) is 6.54. The van der Waals surface area contributed by atoms with Gasteiger partial charge < -0.3 is 25.2 Å². The van der Waals surface area contributed by atoms with Crippen LogP contribution in [-0.4, -0.2) is 51.6 Å². The molecule has 3 saturated carbocycles. The molecule has 0 aliphatic heterocycles. The number of fused-ring (bicyclic) bond motifs is 7. The molecule has 196 valence electrons. The molecule has 0 aromatic rings. The lowest BCUT2D eigenvalue weighted by atomic mass is 9.34. The van der Waals surface area contributed by atoms with E-state index in [2.05, 4.69) is 40.7 Å². The van der Waals surface area contributed by atoms with Crippen LogP contribution in [0.15, 0.2) is 22.8 Å². The van der Waals surface area contributed by atoms with Crippen molar-refractivity contribution in [1.29, 1.82) is 0 Å². The molecule has 5 aliphatic rings. The van der Waals surface area contributed by atoms with E-state index in [0.717, 1.165) is 37.5 Å². The topological polar surface area (TPSA) is 98.0 Å². The van der Waals surface area contributed by atoms with Crippen molar-refractivity contribution >= 4 is 6.29 Å². The largest absolute Gasteiger partial charge is 0.395 e. The Hall–Kier alpha value is -1.01. The molecule has 0 spiro atoms. The Balaban J connectivity index is 1.68. The Bertz CT molecular complexity index is 985. The van der Waals surface area contributed by atoms with Crippen molar-refractivity contribution in [3.63, 3.8) is 0 Å². The molecule has 0 amide bonds. The molecule has 0 aromatic carbocycles. The third-order valence-corrected chi connectivity index (χ3v) is 12.9. The van der Waals surface area contributed by atoms with Gasteiger partial charge in [-0.05, 0) is 91.6 Å². The van der Waals surface area contributed by atoms with Gasteiger partial charge in [0, 0.05) is 5.41 Å². The minimum atomic E-state index is -1.02. The normalized spacial score (nSPS) is 55.8. The zero-order valence-electron chi connectivity index (χ0n) is 22.5. The highest BCUT2D eigenvalue weighted by atomic mass is 16.3. The minimum absolute atomic E-state index is 0.0772. The summed E-state index contributed by atoms with van der Waals surface area (Å²) in [6, 6.07) is 0. The summed E-state index contributed by atoms with van der Waals surface area (Å²) in [5.41, 5.74) is 1.21. The van der Waals surface area contributed by atoms with Crippen LogP contribution in [0.1, 0.15) is 86.5 Å². The minimum Gasteiger partial charge on any atom is -0.395 e. The van der Waals surface area contributed by atoms with E-state index < -0.39 is 29.1 Å². The maximum absolute atomic E-state index is 12.3. The molecule has 5 heteroatoms. The van der Waals surface area contributed by atoms with Crippen molar-refractivity contribution in [1.82, 2.24) is 0 Å². The fraction of sp³-hybridized carbons (Fsp3) is 0.833. The van der Waals surface area contributed by atoms with Crippen LogP contribution >= 0.6 is 0 Å². The summed E-state index contributed by atoms with van der Waals surface area (Å²) in [5, 5.41) is 44.5. The molecule has 5 aliphatic carbocycles. The van der Waals surface area contributed by atoms with Crippen LogP contribution in [0.3, 0.4) is 0 Å². The zero-order valence-corrected chi connectivity index (χ0v) is 22.5. The van der Waals surface area contributed by atoms with Gasteiger partial charge in [-0.2, -0.15) is 0 Å². The number of allylic oxidation sites excluding steroid dienone is 3. The molecule has 5 rings (SSSR count). The van der Waals surface area contributed by atoms with Gasteiger partial charge in [-0.1, -0.05) is 46.3 Å². The fourth-order valence-corrected chi connectivity index (χ4v) is 10.3. The highest BCUT2D eigenvalue weighted by Gasteiger charge is 2.70. The standard InChI is InChI=1S/C30H46O5/c1-17-13-23(34)30(16-32)24(35)14-29(6)19(25(30)18(17)2)7-8-21-26(3)11-10-22(33)27(4,15-31)20(26)9-12-28(21,29)5/h7,15,17,20-24,32-35H,8-14,16H2,1-6H3/t17-,20+,21+,22+,23+,24-,26+,27-,28-,29-,30-/m1/s1. The molecule has 5 nitrogen and oxygen atoms in total. The lowest BCUT2D eigenvalue weighted by molar-refractivity contribution is -0.206. The van der Waals surface area contributed by atoms with Crippen molar-refractivity contribution in [2.24, 2.45) is 44.8 Å². The summed E-state index contributed by atoms with van der Waals surface area (Å²) in [7, 11) is 0. The van der Waals surface area contributed by atoms with Crippen LogP contribution in [0.2, 0.25) is 0 Å². The van der Waals surface area contributed by atoms with Gasteiger partial charge in [0.15, 0.2) is 0 Å². The van der Waals surface area contributed by atoms with Gasteiger partial charge in [-0.3, -0.25) is 0 Å². The maximum atomic E-state index is 12.3. The van der Waals surface area contributed by atoms with Crippen molar-refractivity contribution in [2.45, 2.75) is 105 Å². The smallest absolute Gasteiger partial charge is 0.128 e. The second-order valence-corrected chi connectivity index (χ2v) is 13.9. The number of carbonyl (C=O) groups excluding carboxylic acids is 1. The highest BCUT2D eigenvalue weighted by Crippen LogP contribution is 2.75. The zero-order chi connectivity index (χ0) is 25.8. The van der Waals surface area contributed by atoms with Crippen molar-refractivity contribution < 1.29 is 25.2 Å². The molecular formula is C30H46O5.